The molecule has 0 atom stereocenters. The maximum Gasteiger partial charge on any atom is 0.244 e. The number of rotatable bonds is 10. The van der Waals surface area contributed by atoms with E-state index in [4.69, 9.17) is 4.74 Å². The highest BCUT2D eigenvalue weighted by Crippen LogP contribution is 2.23. The number of carbonyl (C=O) groups excluding carboxylic acids is 1. The van der Waals surface area contributed by atoms with Crippen LogP contribution in [-0.2, 0) is 11.2 Å². The Kier molecular flexibility index (Phi) is 8.23. The van der Waals surface area contributed by atoms with Crippen molar-refractivity contribution >= 4 is 12.0 Å². The molecule has 0 aliphatic carbocycles. The van der Waals surface area contributed by atoms with E-state index in [1.54, 1.807) is 36.4 Å². The molecule has 5 heteroatoms. The predicted molar refractivity (Wildman–Crippen MR) is 107 cm³/mol. The van der Waals surface area contributed by atoms with Crippen molar-refractivity contribution in [3.05, 3.63) is 59.7 Å². The van der Waals surface area contributed by atoms with Crippen LogP contribution in [0.2, 0.25) is 0 Å². The second kappa shape index (κ2) is 10.9. The van der Waals surface area contributed by atoms with Crippen LogP contribution in [0.5, 0.6) is 17.2 Å². The van der Waals surface area contributed by atoms with Crippen LogP contribution >= 0.6 is 0 Å². The third-order valence-corrected chi connectivity index (χ3v) is 4.01. The van der Waals surface area contributed by atoms with Gasteiger partial charge in [0.2, 0.25) is 5.91 Å². The average molecular weight is 369 g/mol. The Morgan fingerprint density at radius 1 is 1.07 bits per heavy atom. The van der Waals surface area contributed by atoms with Crippen LogP contribution in [0, 0.1) is 0 Å². The average Bonchev–Trinajstić information content (AvgIpc) is 2.65. The molecule has 0 aromatic heterocycles. The van der Waals surface area contributed by atoms with E-state index in [-0.39, 0.29) is 17.4 Å². The van der Waals surface area contributed by atoms with E-state index < -0.39 is 0 Å². The van der Waals surface area contributed by atoms with Crippen molar-refractivity contribution in [1.82, 2.24) is 5.32 Å². The molecule has 0 aliphatic heterocycles. The number of aromatic hydroxyl groups is 2. The highest BCUT2D eigenvalue weighted by molar-refractivity contribution is 5.91. The van der Waals surface area contributed by atoms with Gasteiger partial charge in [0.25, 0.3) is 0 Å². The molecule has 0 bridgehead atoms. The van der Waals surface area contributed by atoms with Gasteiger partial charge in [-0.15, -0.1) is 0 Å². The molecule has 2 aromatic rings. The van der Waals surface area contributed by atoms with Crippen molar-refractivity contribution < 1.29 is 19.7 Å². The van der Waals surface area contributed by atoms with Crippen LogP contribution in [0.25, 0.3) is 6.08 Å². The fourth-order valence-electron chi connectivity index (χ4n) is 2.55. The van der Waals surface area contributed by atoms with Crippen LogP contribution in [0.3, 0.4) is 0 Å². The SMILES string of the molecule is CCCCCOc1cc(O)cc(C=CC(=O)NCCc2ccc(O)cc2)c1. The molecule has 2 aromatic carbocycles. The van der Waals surface area contributed by atoms with Crippen LogP contribution in [-0.4, -0.2) is 29.3 Å². The van der Waals surface area contributed by atoms with E-state index in [2.05, 4.69) is 12.2 Å². The fraction of sp³-hybridized carbons (Fsp3) is 0.318. The molecule has 27 heavy (non-hydrogen) atoms. The number of hydrogen-bond acceptors (Lipinski definition) is 4. The third-order valence-electron chi connectivity index (χ3n) is 4.01. The topological polar surface area (TPSA) is 78.8 Å². The van der Waals surface area contributed by atoms with Crippen molar-refractivity contribution in [2.45, 2.75) is 32.6 Å². The van der Waals surface area contributed by atoms with Crippen LogP contribution in [0.4, 0.5) is 0 Å². The first-order valence-corrected chi connectivity index (χ1v) is 9.27. The summed E-state index contributed by atoms with van der Waals surface area (Å²) in [5, 5.41) is 21.9. The monoisotopic (exact) mass is 369 g/mol. The Hall–Kier alpha value is -2.95. The van der Waals surface area contributed by atoms with E-state index in [0.29, 0.717) is 30.9 Å². The third kappa shape index (κ3) is 7.86. The van der Waals surface area contributed by atoms with E-state index in [1.807, 2.05) is 12.1 Å². The lowest BCUT2D eigenvalue weighted by atomic mass is 10.1. The zero-order chi connectivity index (χ0) is 19.5. The van der Waals surface area contributed by atoms with E-state index in [9.17, 15) is 15.0 Å². The Labute approximate surface area is 160 Å². The number of hydrogen-bond donors (Lipinski definition) is 3. The smallest absolute Gasteiger partial charge is 0.244 e. The Morgan fingerprint density at radius 2 is 1.85 bits per heavy atom. The largest absolute Gasteiger partial charge is 0.508 e. The summed E-state index contributed by atoms with van der Waals surface area (Å²) in [6, 6.07) is 11.9. The lowest BCUT2D eigenvalue weighted by molar-refractivity contribution is -0.116. The Morgan fingerprint density at radius 3 is 2.59 bits per heavy atom. The summed E-state index contributed by atoms with van der Waals surface area (Å²) in [5.41, 5.74) is 1.74. The first kappa shape index (κ1) is 20.4. The number of unbranched alkanes of at least 4 members (excludes halogenated alkanes) is 2. The van der Waals surface area contributed by atoms with Gasteiger partial charge in [0, 0.05) is 18.7 Å². The van der Waals surface area contributed by atoms with Gasteiger partial charge in [-0.2, -0.15) is 0 Å². The normalized spacial score (nSPS) is 10.9. The summed E-state index contributed by atoms with van der Waals surface area (Å²) < 4.78 is 5.65. The highest BCUT2D eigenvalue weighted by Gasteiger charge is 2.01. The predicted octanol–water partition coefficient (Wildman–Crippen LogP) is 4.04. The maximum atomic E-state index is 11.9. The fourth-order valence-corrected chi connectivity index (χ4v) is 2.55. The molecule has 0 radical (unpaired) electrons. The molecule has 0 spiro atoms. The molecule has 144 valence electrons. The maximum absolute atomic E-state index is 11.9. The molecule has 3 N–H and O–H groups in total. The van der Waals surface area contributed by atoms with Gasteiger partial charge in [-0.1, -0.05) is 31.9 Å². The molecule has 1 amide bonds. The number of benzene rings is 2. The molecule has 0 unspecified atom stereocenters. The first-order valence-electron chi connectivity index (χ1n) is 9.27. The summed E-state index contributed by atoms with van der Waals surface area (Å²) in [6.45, 7) is 3.24. The zero-order valence-electron chi connectivity index (χ0n) is 15.6. The minimum atomic E-state index is -0.206. The summed E-state index contributed by atoms with van der Waals surface area (Å²) in [4.78, 5) is 11.9. The summed E-state index contributed by atoms with van der Waals surface area (Å²) >= 11 is 0. The molecule has 0 saturated carbocycles. The highest BCUT2D eigenvalue weighted by atomic mass is 16.5. The Bertz CT molecular complexity index is 753. The standard InChI is InChI=1S/C22H27NO4/c1-2-3-4-13-27-21-15-18(14-20(25)16-21)7-10-22(26)23-12-11-17-5-8-19(24)9-6-17/h5-10,14-16,24-25H,2-4,11-13H2,1H3,(H,23,26). The Balaban J connectivity index is 1.81. The summed E-state index contributed by atoms with van der Waals surface area (Å²) in [7, 11) is 0. The van der Waals surface area contributed by atoms with Crippen molar-refractivity contribution in [3.8, 4) is 17.2 Å². The molecule has 0 saturated heterocycles. The number of amides is 1. The van der Waals surface area contributed by atoms with Gasteiger partial charge in [0.05, 0.1) is 6.61 Å². The van der Waals surface area contributed by atoms with Crippen molar-refractivity contribution in [3.63, 3.8) is 0 Å². The lowest BCUT2D eigenvalue weighted by Gasteiger charge is -2.07. The molecular formula is C22H27NO4. The number of phenols is 2. The van der Waals surface area contributed by atoms with Gasteiger partial charge >= 0.3 is 0 Å². The molecule has 0 heterocycles. The quantitative estimate of drug-likeness (QED) is 0.436. The molecular weight excluding hydrogens is 342 g/mol. The van der Waals surface area contributed by atoms with Crippen LogP contribution in [0.1, 0.15) is 37.3 Å². The second-order valence-corrected chi connectivity index (χ2v) is 6.36. The van der Waals surface area contributed by atoms with E-state index in [1.165, 1.54) is 6.08 Å². The lowest BCUT2D eigenvalue weighted by Crippen LogP contribution is -2.23. The number of nitrogens with one attached hydrogen (secondary N) is 1. The van der Waals surface area contributed by atoms with Crippen molar-refractivity contribution in [1.29, 1.82) is 0 Å². The van der Waals surface area contributed by atoms with Gasteiger partial charge < -0.3 is 20.3 Å². The molecule has 5 nitrogen and oxygen atoms in total. The summed E-state index contributed by atoms with van der Waals surface area (Å²) in [5.74, 6) is 0.724. The number of ether oxygens (including phenoxy) is 1. The van der Waals surface area contributed by atoms with Crippen molar-refractivity contribution in [2.24, 2.45) is 0 Å². The van der Waals surface area contributed by atoms with Gasteiger partial charge in [-0.3, -0.25) is 4.79 Å². The molecule has 0 aliphatic rings. The minimum Gasteiger partial charge on any atom is -0.508 e. The van der Waals surface area contributed by atoms with Gasteiger partial charge in [-0.05, 0) is 54.3 Å². The van der Waals surface area contributed by atoms with Crippen molar-refractivity contribution in [2.75, 3.05) is 13.2 Å². The van der Waals surface area contributed by atoms with Crippen LogP contribution < -0.4 is 10.1 Å². The van der Waals surface area contributed by atoms with E-state index in [0.717, 1.165) is 24.8 Å². The minimum absolute atomic E-state index is 0.107. The van der Waals surface area contributed by atoms with Gasteiger partial charge in [-0.25, -0.2) is 0 Å². The number of carbonyl (C=O) groups is 1. The van der Waals surface area contributed by atoms with E-state index >= 15 is 0 Å². The first-order chi connectivity index (χ1) is 13.1. The molecule has 2 rings (SSSR count). The second-order valence-electron chi connectivity index (χ2n) is 6.36. The van der Waals surface area contributed by atoms with Gasteiger partial charge in [0.15, 0.2) is 0 Å². The number of phenolic OH excluding ortho intramolecular Hbond substituents is 2. The van der Waals surface area contributed by atoms with Crippen LogP contribution in [0.15, 0.2) is 48.5 Å². The summed E-state index contributed by atoms with van der Waals surface area (Å²) in [6.07, 6.45) is 6.97. The zero-order valence-corrected chi connectivity index (χ0v) is 15.6. The molecule has 0 fully saturated rings. The van der Waals surface area contributed by atoms with Gasteiger partial charge in [0.1, 0.15) is 17.2 Å².